The molecule has 1 aliphatic carbocycles. The van der Waals surface area contributed by atoms with Gasteiger partial charge < -0.3 is 0 Å². The first-order valence-electron chi connectivity index (χ1n) is 4.21. The van der Waals surface area contributed by atoms with Crippen LogP contribution in [0.4, 0.5) is 0 Å². The Hall–Kier alpha value is -1.53. The highest BCUT2D eigenvalue weighted by atomic mass is 32.2. The molecule has 2 rings (SSSR count). The van der Waals surface area contributed by atoms with E-state index in [1.165, 1.54) is 12.3 Å². The van der Waals surface area contributed by atoms with Crippen LogP contribution in [0.1, 0.15) is 22.3 Å². The Bertz CT molecular complexity index is 561. The molecule has 0 saturated carbocycles. The molecule has 78 valence electrons. The lowest BCUT2D eigenvalue weighted by Crippen LogP contribution is -2.18. The first kappa shape index (κ1) is 10.0. The lowest BCUT2D eigenvalue weighted by Gasteiger charge is -2.11. The Balaban J connectivity index is 2.78. The highest BCUT2D eigenvalue weighted by Gasteiger charge is 2.22. The van der Waals surface area contributed by atoms with Gasteiger partial charge >= 0.3 is 0 Å². The minimum atomic E-state index is -3.88. The molecular weight excluding hydrogens is 216 g/mol. The largest absolute Gasteiger partial charge is 0.294 e. The number of aromatic nitrogens is 1. The lowest BCUT2D eigenvalue weighted by atomic mass is 9.98. The Morgan fingerprint density at radius 3 is 2.80 bits per heavy atom. The monoisotopic (exact) mass is 224 g/mol. The van der Waals surface area contributed by atoms with Crippen molar-refractivity contribution < 1.29 is 13.2 Å². The molecule has 0 saturated heterocycles. The highest BCUT2D eigenvalue weighted by molar-refractivity contribution is 7.89. The Morgan fingerprint density at radius 2 is 2.13 bits per heavy atom. The number of ketones is 1. The van der Waals surface area contributed by atoms with Crippen molar-refractivity contribution in [3.05, 3.63) is 29.5 Å². The number of hydrogen-bond donors (Lipinski definition) is 1. The SMILES string of the molecule is NS(=O)(=O)c1nccc2c1C=CCC2=O. The van der Waals surface area contributed by atoms with Crippen LogP contribution in [0, 0.1) is 0 Å². The maximum atomic E-state index is 11.5. The van der Waals surface area contributed by atoms with Gasteiger partial charge in [0.05, 0.1) is 0 Å². The molecule has 6 heteroatoms. The molecule has 1 aromatic heterocycles. The zero-order chi connectivity index (χ0) is 11.1. The quantitative estimate of drug-likeness (QED) is 0.744. The fourth-order valence-corrected chi connectivity index (χ4v) is 2.17. The van der Waals surface area contributed by atoms with Crippen LogP contribution in [0.3, 0.4) is 0 Å². The van der Waals surface area contributed by atoms with Crippen molar-refractivity contribution in [1.29, 1.82) is 0 Å². The number of carbonyl (C=O) groups is 1. The number of rotatable bonds is 1. The zero-order valence-electron chi connectivity index (χ0n) is 7.67. The Labute approximate surface area is 86.7 Å². The maximum Gasteiger partial charge on any atom is 0.256 e. The number of allylic oxidation sites excluding steroid dienone is 1. The lowest BCUT2D eigenvalue weighted by molar-refractivity contribution is 0.0994. The van der Waals surface area contributed by atoms with E-state index in [-0.39, 0.29) is 22.8 Å². The molecule has 0 fully saturated rings. The predicted molar refractivity (Wildman–Crippen MR) is 53.6 cm³/mol. The van der Waals surface area contributed by atoms with E-state index in [1.54, 1.807) is 12.2 Å². The molecule has 0 amide bonds. The summed E-state index contributed by atoms with van der Waals surface area (Å²) in [5, 5.41) is 4.74. The first-order chi connectivity index (χ1) is 7.00. The number of nitrogens with zero attached hydrogens (tertiary/aromatic N) is 1. The molecule has 15 heavy (non-hydrogen) atoms. The molecule has 2 N–H and O–H groups in total. The van der Waals surface area contributed by atoms with Crippen LogP contribution in [-0.4, -0.2) is 19.2 Å². The van der Waals surface area contributed by atoms with Crippen molar-refractivity contribution in [3.63, 3.8) is 0 Å². The Morgan fingerprint density at radius 1 is 1.40 bits per heavy atom. The van der Waals surface area contributed by atoms with Gasteiger partial charge in [-0.1, -0.05) is 12.2 Å². The van der Waals surface area contributed by atoms with Gasteiger partial charge in [0.1, 0.15) is 0 Å². The minimum absolute atomic E-state index is 0.125. The van der Waals surface area contributed by atoms with E-state index in [0.29, 0.717) is 5.56 Å². The van der Waals surface area contributed by atoms with Crippen molar-refractivity contribution in [2.75, 3.05) is 0 Å². The van der Waals surface area contributed by atoms with Gasteiger partial charge in [0.15, 0.2) is 10.8 Å². The van der Waals surface area contributed by atoms with Gasteiger partial charge in [-0.2, -0.15) is 0 Å². The zero-order valence-corrected chi connectivity index (χ0v) is 8.49. The number of Topliss-reactive ketones (excluding diaryl/α,β-unsaturated/α-hetero) is 1. The number of carbonyl (C=O) groups excluding carboxylic acids is 1. The van der Waals surface area contributed by atoms with Gasteiger partial charge in [0, 0.05) is 23.7 Å². The third-order valence-corrected chi connectivity index (χ3v) is 2.98. The summed E-state index contributed by atoms with van der Waals surface area (Å²) in [6.07, 6.45) is 4.71. The number of nitrogens with two attached hydrogens (primary N) is 1. The number of hydrogen-bond acceptors (Lipinski definition) is 4. The van der Waals surface area contributed by atoms with E-state index in [4.69, 9.17) is 5.14 Å². The van der Waals surface area contributed by atoms with E-state index < -0.39 is 10.0 Å². The second-order valence-electron chi connectivity index (χ2n) is 3.15. The van der Waals surface area contributed by atoms with E-state index in [2.05, 4.69) is 4.98 Å². The van der Waals surface area contributed by atoms with E-state index >= 15 is 0 Å². The standard InChI is InChI=1S/C9H8N2O3S/c10-15(13,14)9-7-2-1-3-8(12)6(7)4-5-11-9/h1-2,4-5H,3H2,(H2,10,13,14). The third-order valence-electron chi connectivity index (χ3n) is 2.11. The maximum absolute atomic E-state index is 11.5. The summed E-state index contributed by atoms with van der Waals surface area (Å²) in [6, 6.07) is 1.50. The number of sulfonamides is 1. The molecule has 0 aliphatic heterocycles. The van der Waals surface area contributed by atoms with Crippen molar-refractivity contribution in [2.24, 2.45) is 5.14 Å². The average Bonchev–Trinajstić information content (AvgIpc) is 2.16. The summed E-state index contributed by atoms with van der Waals surface area (Å²) in [7, 11) is -3.88. The van der Waals surface area contributed by atoms with Gasteiger partial charge in [-0.3, -0.25) is 4.79 Å². The molecule has 0 bridgehead atoms. The normalized spacial score (nSPS) is 15.1. The van der Waals surface area contributed by atoms with Crippen molar-refractivity contribution >= 4 is 21.9 Å². The van der Waals surface area contributed by atoms with Crippen LogP contribution in [0.15, 0.2) is 23.4 Å². The van der Waals surface area contributed by atoms with Gasteiger partial charge in [-0.25, -0.2) is 18.5 Å². The second kappa shape index (κ2) is 3.25. The van der Waals surface area contributed by atoms with Crippen LogP contribution in [0.25, 0.3) is 6.08 Å². The highest BCUT2D eigenvalue weighted by Crippen LogP contribution is 2.23. The van der Waals surface area contributed by atoms with Gasteiger partial charge in [-0.15, -0.1) is 0 Å². The first-order valence-corrected chi connectivity index (χ1v) is 5.76. The van der Waals surface area contributed by atoms with Crippen LogP contribution < -0.4 is 5.14 Å². The van der Waals surface area contributed by atoms with Crippen molar-refractivity contribution in [3.8, 4) is 0 Å². The van der Waals surface area contributed by atoms with E-state index in [1.807, 2.05) is 0 Å². The molecule has 0 radical (unpaired) electrons. The molecule has 1 heterocycles. The smallest absolute Gasteiger partial charge is 0.256 e. The number of primary sulfonamides is 1. The fraction of sp³-hybridized carbons (Fsp3) is 0.111. The molecular formula is C9H8N2O3S. The summed E-state index contributed by atoms with van der Waals surface area (Å²) in [4.78, 5) is 15.1. The third kappa shape index (κ3) is 1.69. The van der Waals surface area contributed by atoms with Gasteiger partial charge in [-0.05, 0) is 6.07 Å². The predicted octanol–water partition coefficient (Wildman–Crippen LogP) is 0.329. The number of pyridine rings is 1. The van der Waals surface area contributed by atoms with E-state index in [0.717, 1.165) is 0 Å². The average molecular weight is 224 g/mol. The molecule has 0 unspecified atom stereocenters. The van der Waals surface area contributed by atoms with Crippen molar-refractivity contribution in [1.82, 2.24) is 4.98 Å². The molecule has 0 aromatic carbocycles. The molecule has 1 aromatic rings. The molecule has 1 aliphatic rings. The second-order valence-corrected chi connectivity index (χ2v) is 4.63. The van der Waals surface area contributed by atoms with Crippen LogP contribution in [0.2, 0.25) is 0 Å². The van der Waals surface area contributed by atoms with Crippen LogP contribution in [-0.2, 0) is 10.0 Å². The molecule has 0 spiro atoms. The summed E-state index contributed by atoms with van der Waals surface area (Å²) in [5.74, 6) is -0.125. The molecule has 0 atom stereocenters. The van der Waals surface area contributed by atoms with Crippen LogP contribution >= 0.6 is 0 Å². The summed E-state index contributed by atoms with van der Waals surface area (Å²) >= 11 is 0. The van der Waals surface area contributed by atoms with Crippen LogP contribution in [0.5, 0.6) is 0 Å². The van der Waals surface area contributed by atoms with Gasteiger partial charge in [0.25, 0.3) is 10.0 Å². The number of fused-ring (bicyclic) bond motifs is 1. The topological polar surface area (TPSA) is 90.1 Å². The summed E-state index contributed by atoms with van der Waals surface area (Å²) in [5.41, 5.74) is 0.646. The minimum Gasteiger partial charge on any atom is -0.294 e. The Kier molecular flexibility index (Phi) is 2.17. The summed E-state index contributed by atoms with van der Waals surface area (Å²) in [6.45, 7) is 0. The van der Waals surface area contributed by atoms with Gasteiger partial charge in [0.2, 0.25) is 0 Å². The fourth-order valence-electron chi connectivity index (χ4n) is 1.48. The van der Waals surface area contributed by atoms with Crippen molar-refractivity contribution in [2.45, 2.75) is 11.4 Å². The molecule has 5 nitrogen and oxygen atoms in total. The van der Waals surface area contributed by atoms with E-state index in [9.17, 15) is 13.2 Å². The summed E-state index contributed by atoms with van der Waals surface area (Å²) < 4.78 is 22.4.